The Labute approximate surface area is 177 Å². The molecule has 2 amide bonds. The van der Waals surface area contributed by atoms with Gasteiger partial charge in [0.15, 0.2) is 9.84 Å². The molecule has 0 radical (unpaired) electrons. The fraction of sp³-hybridized carbons (Fsp3) is 0.391. The summed E-state index contributed by atoms with van der Waals surface area (Å²) in [7, 11) is -3.38. The van der Waals surface area contributed by atoms with Crippen LogP contribution in [-0.4, -0.2) is 42.5 Å². The number of amides is 2. The van der Waals surface area contributed by atoms with Gasteiger partial charge in [0, 0.05) is 24.7 Å². The van der Waals surface area contributed by atoms with Crippen LogP contribution in [0.5, 0.6) is 0 Å². The summed E-state index contributed by atoms with van der Waals surface area (Å²) < 4.78 is 26.1. The molecule has 158 valence electrons. The first-order chi connectivity index (χ1) is 14.3. The SMILES string of the molecule is CC(=O)Nc1ccc(CC(=O)N2[C@@H]3CC[C@@H]2CC(S(=O)(=O)c2ccccc2)C3)cc1. The molecule has 0 aliphatic carbocycles. The molecule has 1 N–H and O–H groups in total. The minimum Gasteiger partial charge on any atom is -0.336 e. The summed E-state index contributed by atoms with van der Waals surface area (Å²) in [4.78, 5) is 26.5. The summed E-state index contributed by atoms with van der Waals surface area (Å²) in [5, 5.41) is 2.28. The van der Waals surface area contributed by atoms with Gasteiger partial charge in [-0.3, -0.25) is 9.59 Å². The number of sulfone groups is 1. The lowest BCUT2D eigenvalue weighted by molar-refractivity contribution is -0.134. The van der Waals surface area contributed by atoms with Crippen LogP contribution in [0.1, 0.15) is 38.2 Å². The number of hydrogen-bond acceptors (Lipinski definition) is 4. The van der Waals surface area contributed by atoms with Crippen LogP contribution in [0.3, 0.4) is 0 Å². The Bertz CT molecular complexity index is 1020. The minimum absolute atomic E-state index is 0.0154. The van der Waals surface area contributed by atoms with E-state index in [1.165, 1.54) is 6.92 Å². The van der Waals surface area contributed by atoms with Crippen LogP contribution in [-0.2, 0) is 25.8 Å². The zero-order valence-electron chi connectivity index (χ0n) is 17.0. The second-order valence-corrected chi connectivity index (χ2v) is 10.4. The van der Waals surface area contributed by atoms with Gasteiger partial charge in [0.25, 0.3) is 0 Å². The van der Waals surface area contributed by atoms with Crippen molar-refractivity contribution >= 4 is 27.3 Å². The van der Waals surface area contributed by atoms with E-state index in [0.29, 0.717) is 23.4 Å². The lowest BCUT2D eigenvalue weighted by Crippen LogP contribution is -2.50. The third kappa shape index (κ3) is 4.12. The molecule has 7 heteroatoms. The van der Waals surface area contributed by atoms with Crippen LogP contribution in [0, 0.1) is 0 Å². The number of nitrogens with one attached hydrogen (secondary N) is 1. The van der Waals surface area contributed by atoms with Crippen molar-refractivity contribution in [2.45, 2.75) is 61.3 Å². The largest absolute Gasteiger partial charge is 0.336 e. The quantitative estimate of drug-likeness (QED) is 0.796. The van der Waals surface area contributed by atoms with Crippen LogP contribution < -0.4 is 5.32 Å². The molecule has 0 aromatic heterocycles. The van der Waals surface area contributed by atoms with E-state index >= 15 is 0 Å². The maximum Gasteiger partial charge on any atom is 0.227 e. The van der Waals surface area contributed by atoms with Crippen molar-refractivity contribution in [2.24, 2.45) is 0 Å². The summed E-state index contributed by atoms with van der Waals surface area (Å²) in [6, 6.07) is 15.8. The molecule has 2 aromatic carbocycles. The van der Waals surface area contributed by atoms with Crippen molar-refractivity contribution < 1.29 is 18.0 Å². The maximum atomic E-state index is 13.0. The second-order valence-electron chi connectivity index (χ2n) is 8.19. The molecular weight excluding hydrogens is 400 g/mol. The summed E-state index contributed by atoms with van der Waals surface area (Å²) in [5.41, 5.74) is 1.58. The van der Waals surface area contributed by atoms with E-state index < -0.39 is 15.1 Å². The lowest BCUT2D eigenvalue weighted by Gasteiger charge is -2.38. The Morgan fingerprint density at radius 3 is 2.13 bits per heavy atom. The molecule has 2 aliphatic rings. The molecular formula is C23H26N2O4S. The van der Waals surface area contributed by atoms with Crippen LogP contribution in [0.4, 0.5) is 5.69 Å². The summed E-state index contributed by atoms with van der Waals surface area (Å²) in [5.74, 6) is -0.0888. The molecule has 0 spiro atoms. The van der Waals surface area contributed by atoms with Crippen LogP contribution in [0.2, 0.25) is 0 Å². The lowest BCUT2D eigenvalue weighted by atomic mass is 10.0. The van der Waals surface area contributed by atoms with Gasteiger partial charge in [0.05, 0.1) is 16.6 Å². The third-order valence-corrected chi connectivity index (χ3v) is 8.31. The summed E-state index contributed by atoms with van der Waals surface area (Å²) in [6.45, 7) is 1.45. The van der Waals surface area contributed by atoms with E-state index in [4.69, 9.17) is 0 Å². The van der Waals surface area contributed by atoms with E-state index in [-0.39, 0.29) is 30.3 Å². The fourth-order valence-corrected chi connectivity index (χ4v) is 6.64. The van der Waals surface area contributed by atoms with E-state index in [2.05, 4.69) is 5.32 Å². The molecule has 4 rings (SSSR count). The Hall–Kier alpha value is -2.67. The highest BCUT2D eigenvalue weighted by Gasteiger charge is 2.46. The number of carbonyl (C=O) groups is 2. The van der Waals surface area contributed by atoms with E-state index in [1.807, 2.05) is 23.1 Å². The molecule has 30 heavy (non-hydrogen) atoms. The van der Waals surface area contributed by atoms with Gasteiger partial charge in [-0.25, -0.2) is 8.42 Å². The van der Waals surface area contributed by atoms with E-state index in [0.717, 1.165) is 18.4 Å². The third-order valence-electron chi connectivity index (χ3n) is 6.12. The van der Waals surface area contributed by atoms with E-state index in [9.17, 15) is 18.0 Å². The molecule has 2 atom stereocenters. The average Bonchev–Trinajstić information content (AvgIpc) is 2.99. The van der Waals surface area contributed by atoms with Crippen molar-refractivity contribution in [3.05, 3.63) is 60.2 Å². The highest BCUT2D eigenvalue weighted by atomic mass is 32.2. The number of fused-ring (bicyclic) bond motifs is 2. The first-order valence-electron chi connectivity index (χ1n) is 10.3. The second kappa shape index (κ2) is 8.22. The normalized spacial score (nSPS) is 23.2. The molecule has 0 saturated carbocycles. The zero-order valence-corrected chi connectivity index (χ0v) is 17.8. The van der Waals surface area contributed by atoms with Gasteiger partial charge in [-0.2, -0.15) is 0 Å². The monoisotopic (exact) mass is 426 g/mol. The van der Waals surface area contributed by atoms with Crippen molar-refractivity contribution in [3.8, 4) is 0 Å². The van der Waals surface area contributed by atoms with Gasteiger partial charge in [0.2, 0.25) is 11.8 Å². The van der Waals surface area contributed by atoms with Crippen molar-refractivity contribution in [2.75, 3.05) is 5.32 Å². The first-order valence-corrected chi connectivity index (χ1v) is 11.9. The molecule has 2 saturated heterocycles. The molecule has 2 aliphatic heterocycles. The van der Waals surface area contributed by atoms with Crippen LogP contribution in [0.15, 0.2) is 59.5 Å². The van der Waals surface area contributed by atoms with Gasteiger partial charge in [0.1, 0.15) is 0 Å². The van der Waals surface area contributed by atoms with E-state index in [1.54, 1.807) is 36.4 Å². The predicted octanol–water partition coefficient (Wildman–Crippen LogP) is 3.18. The Morgan fingerprint density at radius 1 is 0.967 bits per heavy atom. The summed E-state index contributed by atoms with van der Waals surface area (Å²) in [6.07, 6.45) is 3.00. The smallest absolute Gasteiger partial charge is 0.227 e. The molecule has 2 heterocycles. The number of rotatable bonds is 5. The maximum absolute atomic E-state index is 13.0. The van der Waals surface area contributed by atoms with Crippen molar-refractivity contribution in [1.82, 2.24) is 4.90 Å². The molecule has 2 bridgehead atoms. The van der Waals surface area contributed by atoms with Crippen LogP contribution in [0.25, 0.3) is 0 Å². The number of benzene rings is 2. The molecule has 2 aromatic rings. The predicted molar refractivity (Wildman–Crippen MR) is 115 cm³/mol. The Balaban J connectivity index is 1.44. The Kier molecular flexibility index (Phi) is 5.64. The number of anilines is 1. The average molecular weight is 427 g/mol. The van der Waals surface area contributed by atoms with Crippen LogP contribution >= 0.6 is 0 Å². The number of hydrogen-bond donors (Lipinski definition) is 1. The van der Waals surface area contributed by atoms with Crippen molar-refractivity contribution in [3.63, 3.8) is 0 Å². The zero-order chi connectivity index (χ0) is 21.3. The molecule has 0 unspecified atom stereocenters. The molecule has 6 nitrogen and oxygen atoms in total. The molecule has 2 fully saturated rings. The van der Waals surface area contributed by atoms with Gasteiger partial charge in [-0.05, 0) is 55.5 Å². The summed E-state index contributed by atoms with van der Waals surface area (Å²) >= 11 is 0. The highest BCUT2D eigenvalue weighted by molar-refractivity contribution is 7.92. The standard InChI is InChI=1S/C23H26N2O4S/c1-16(26)24-18-9-7-17(8-10-18)13-23(27)25-19-11-12-20(25)15-22(14-19)30(28,29)21-5-3-2-4-6-21/h2-10,19-20,22H,11-15H2,1H3,(H,24,26)/t19-,20-/m1/s1. The van der Waals surface area contributed by atoms with Crippen molar-refractivity contribution in [1.29, 1.82) is 0 Å². The fourth-order valence-electron chi connectivity index (χ4n) is 4.77. The minimum atomic E-state index is -3.38. The highest BCUT2D eigenvalue weighted by Crippen LogP contribution is 2.40. The number of carbonyl (C=O) groups excluding carboxylic acids is 2. The first kappa shape index (κ1) is 20.6. The van der Waals surface area contributed by atoms with Gasteiger partial charge in [-0.15, -0.1) is 0 Å². The van der Waals surface area contributed by atoms with Gasteiger partial charge < -0.3 is 10.2 Å². The number of nitrogens with zero attached hydrogens (tertiary/aromatic N) is 1. The number of piperidine rings is 1. The van der Waals surface area contributed by atoms with Gasteiger partial charge in [-0.1, -0.05) is 30.3 Å². The van der Waals surface area contributed by atoms with Gasteiger partial charge >= 0.3 is 0 Å². The Morgan fingerprint density at radius 2 is 1.57 bits per heavy atom. The topological polar surface area (TPSA) is 83.6 Å².